The van der Waals surface area contributed by atoms with Crippen LogP contribution in [0.15, 0.2) is 4.52 Å². The smallest absolute Gasteiger partial charge is 0.227 e. The van der Waals surface area contributed by atoms with E-state index >= 15 is 0 Å². The fourth-order valence-electron chi connectivity index (χ4n) is 2.83. The number of nitrogens with one attached hydrogen (secondary N) is 1. The minimum atomic E-state index is 0.0304. The number of amides is 1. The molecule has 1 aromatic rings. The molecule has 0 aliphatic carbocycles. The Morgan fingerprint density at radius 2 is 2.09 bits per heavy atom. The van der Waals surface area contributed by atoms with Crippen molar-refractivity contribution in [1.82, 2.24) is 20.4 Å². The molecule has 1 saturated heterocycles. The molecule has 1 amide bonds. The van der Waals surface area contributed by atoms with E-state index in [2.05, 4.69) is 34.2 Å². The Bertz CT molecular complexity index is 483. The van der Waals surface area contributed by atoms with Gasteiger partial charge in [0.25, 0.3) is 0 Å². The molecule has 7 heteroatoms. The average molecular weight is 324 g/mol. The van der Waals surface area contributed by atoms with Gasteiger partial charge in [0, 0.05) is 38.5 Å². The van der Waals surface area contributed by atoms with Crippen LogP contribution < -0.4 is 5.32 Å². The summed E-state index contributed by atoms with van der Waals surface area (Å²) in [5.41, 5.74) is 0. The Labute approximate surface area is 137 Å². The van der Waals surface area contributed by atoms with E-state index in [9.17, 15) is 4.79 Å². The quantitative estimate of drug-likeness (QED) is 0.773. The lowest BCUT2D eigenvalue weighted by Gasteiger charge is -2.35. The van der Waals surface area contributed by atoms with E-state index in [1.807, 2.05) is 0 Å². The van der Waals surface area contributed by atoms with Crippen LogP contribution in [0.2, 0.25) is 0 Å². The summed E-state index contributed by atoms with van der Waals surface area (Å²) < 4.78 is 10.4. The highest BCUT2D eigenvalue weighted by atomic mass is 16.5. The van der Waals surface area contributed by atoms with Gasteiger partial charge in [-0.2, -0.15) is 4.98 Å². The number of carbonyl (C=O) groups is 1. The molecule has 1 atom stereocenters. The molecule has 0 bridgehead atoms. The third-order valence-corrected chi connectivity index (χ3v) is 3.98. The number of rotatable bonds is 8. The summed E-state index contributed by atoms with van der Waals surface area (Å²) in [6.07, 6.45) is 1.93. The number of ether oxygens (including phenoxy) is 1. The van der Waals surface area contributed by atoms with Crippen LogP contribution in [0.5, 0.6) is 0 Å². The molecule has 23 heavy (non-hydrogen) atoms. The second-order valence-corrected chi connectivity index (χ2v) is 6.47. The largest absolute Gasteiger partial charge is 0.379 e. The molecule has 1 N–H and O–H groups in total. The molecule has 1 aliphatic heterocycles. The van der Waals surface area contributed by atoms with Crippen LogP contribution >= 0.6 is 0 Å². The predicted octanol–water partition coefficient (Wildman–Crippen LogP) is 1.17. The maximum Gasteiger partial charge on any atom is 0.227 e. The van der Waals surface area contributed by atoms with Gasteiger partial charge in [0.1, 0.15) is 0 Å². The van der Waals surface area contributed by atoms with Crippen molar-refractivity contribution in [1.29, 1.82) is 0 Å². The minimum Gasteiger partial charge on any atom is -0.379 e. The highest BCUT2D eigenvalue weighted by Crippen LogP contribution is 2.13. The fraction of sp³-hybridized carbons (Fsp3) is 0.812. The van der Waals surface area contributed by atoms with Gasteiger partial charge in [-0.3, -0.25) is 9.69 Å². The van der Waals surface area contributed by atoms with Gasteiger partial charge >= 0.3 is 0 Å². The van der Waals surface area contributed by atoms with Gasteiger partial charge < -0.3 is 14.6 Å². The zero-order chi connectivity index (χ0) is 16.7. The lowest BCUT2D eigenvalue weighted by molar-refractivity contribution is -0.121. The van der Waals surface area contributed by atoms with Crippen LogP contribution in [0.1, 0.15) is 38.4 Å². The van der Waals surface area contributed by atoms with E-state index in [1.165, 1.54) is 0 Å². The molecule has 1 fully saturated rings. The van der Waals surface area contributed by atoms with E-state index in [-0.39, 0.29) is 5.91 Å². The maximum absolute atomic E-state index is 12.1. The molecule has 1 aliphatic rings. The number of hydrogen-bond acceptors (Lipinski definition) is 6. The molecule has 2 heterocycles. The fourth-order valence-corrected chi connectivity index (χ4v) is 2.83. The monoisotopic (exact) mass is 324 g/mol. The number of aromatic nitrogens is 2. The first kappa shape index (κ1) is 17.9. The summed E-state index contributed by atoms with van der Waals surface area (Å²) in [6, 6.07) is 0.369. The van der Waals surface area contributed by atoms with Crippen molar-refractivity contribution >= 4 is 5.91 Å². The van der Waals surface area contributed by atoms with E-state index in [0.717, 1.165) is 32.7 Å². The van der Waals surface area contributed by atoms with E-state index in [0.29, 0.717) is 43.1 Å². The highest BCUT2D eigenvalue weighted by Gasteiger charge is 2.22. The molecule has 2 rings (SSSR count). The van der Waals surface area contributed by atoms with Crippen LogP contribution in [-0.2, 0) is 16.0 Å². The van der Waals surface area contributed by atoms with Crippen molar-refractivity contribution in [2.45, 2.75) is 46.1 Å². The molecule has 1 unspecified atom stereocenters. The van der Waals surface area contributed by atoms with Crippen molar-refractivity contribution in [2.24, 2.45) is 5.92 Å². The molecule has 0 radical (unpaired) electrons. The van der Waals surface area contributed by atoms with Crippen LogP contribution in [0, 0.1) is 12.8 Å². The number of aryl methyl sites for hydroxylation is 2. The molecule has 0 spiro atoms. The Hall–Kier alpha value is -1.47. The van der Waals surface area contributed by atoms with Crippen molar-refractivity contribution in [2.75, 3.05) is 32.8 Å². The van der Waals surface area contributed by atoms with Gasteiger partial charge in [-0.25, -0.2) is 0 Å². The predicted molar refractivity (Wildman–Crippen MR) is 86.0 cm³/mol. The summed E-state index contributed by atoms with van der Waals surface area (Å²) in [4.78, 5) is 18.6. The Morgan fingerprint density at radius 3 is 2.70 bits per heavy atom. The average Bonchev–Trinajstić information content (AvgIpc) is 2.95. The van der Waals surface area contributed by atoms with Gasteiger partial charge in [0.05, 0.1) is 13.2 Å². The zero-order valence-corrected chi connectivity index (χ0v) is 14.4. The van der Waals surface area contributed by atoms with E-state index in [1.54, 1.807) is 6.92 Å². The lowest BCUT2D eigenvalue weighted by atomic mass is 10.0. The molecular weight excluding hydrogens is 296 g/mol. The highest BCUT2D eigenvalue weighted by molar-refractivity contribution is 5.76. The van der Waals surface area contributed by atoms with Crippen LogP contribution in [-0.4, -0.2) is 59.8 Å². The number of hydrogen-bond donors (Lipinski definition) is 1. The minimum absolute atomic E-state index is 0.0304. The second-order valence-electron chi connectivity index (χ2n) is 6.47. The van der Waals surface area contributed by atoms with Crippen LogP contribution in [0.4, 0.5) is 0 Å². The summed E-state index contributed by atoms with van der Waals surface area (Å²) in [5.74, 6) is 1.75. The Morgan fingerprint density at radius 1 is 1.35 bits per heavy atom. The van der Waals surface area contributed by atoms with Crippen LogP contribution in [0.25, 0.3) is 0 Å². The van der Waals surface area contributed by atoms with Crippen molar-refractivity contribution in [3.63, 3.8) is 0 Å². The normalized spacial score (nSPS) is 17.4. The molecule has 0 aromatic carbocycles. The van der Waals surface area contributed by atoms with Gasteiger partial charge in [-0.05, 0) is 19.3 Å². The third-order valence-electron chi connectivity index (χ3n) is 3.98. The first-order valence-electron chi connectivity index (χ1n) is 8.42. The summed E-state index contributed by atoms with van der Waals surface area (Å²) in [7, 11) is 0. The Kier molecular flexibility index (Phi) is 6.98. The lowest BCUT2D eigenvalue weighted by Crippen LogP contribution is -2.49. The standard InChI is InChI=1S/C16H28N4O3/c1-12(2)10-14(20-6-8-22-9-7-20)11-17-15(21)4-5-16-18-13(3)19-23-16/h12,14H,4-11H2,1-3H3,(H,17,21). The van der Waals surface area contributed by atoms with Gasteiger partial charge in [-0.1, -0.05) is 19.0 Å². The van der Waals surface area contributed by atoms with Crippen LogP contribution in [0.3, 0.4) is 0 Å². The van der Waals surface area contributed by atoms with Crippen molar-refractivity contribution < 1.29 is 14.1 Å². The molecule has 0 saturated carbocycles. The molecule has 1 aromatic heterocycles. The van der Waals surface area contributed by atoms with E-state index in [4.69, 9.17) is 9.26 Å². The number of morpholine rings is 1. The third kappa shape index (κ3) is 6.27. The van der Waals surface area contributed by atoms with E-state index < -0.39 is 0 Å². The zero-order valence-electron chi connectivity index (χ0n) is 14.4. The molecular formula is C16H28N4O3. The summed E-state index contributed by atoms with van der Waals surface area (Å²) in [6.45, 7) is 10.3. The SMILES string of the molecule is Cc1noc(CCC(=O)NCC(CC(C)C)N2CCOCC2)n1. The first-order chi connectivity index (χ1) is 11.0. The van der Waals surface area contributed by atoms with Gasteiger partial charge in [-0.15, -0.1) is 0 Å². The van der Waals surface area contributed by atoms with Gasteiger partial charge in [0.2, 0.25) is 11.8 Å². The number of carbonyl (C=O) groups excluding carboxylic acids is 1. The summed E-state index contributed by atoms with van der Waals surface area (Å²) >= 11 is 0. The summed E-state index contributed by atoms with van der Waals surface area (Å²) in [5, 5.41) is 6.78. The topological polar surface area (TPSA) is 80.5 Å². The second kappa shape index (κ2) is 8.98. The number of nitrogens with zero attached hydrogens (tertiary/aromatic N) is 3. The van der Waals surface area contributed by atoms with Gasteiger partial charge in [0.15, 0.2) is 5.82 Å². The molecule has 130 valence electrons. The molecule has 7 nitrogen and oxygen atoms in total. The first-order valence-corrected chi connectivity index (χ1v) is 8.42. The van der Waals surface area contributed by atoms with Crippen molar-refractivity contribution in [3.8, 4) is 0 Å². The Balaban J connectivity index is 1.76. The van der Waals surface area contributed by atoms with Crippen molar-refractivity contribution in [3.05, 3.63) is 11.7 Å². The maximum atomic E-state index is 12.1.